The molecule has 0 unspecified atom stereocenters. The third-order valence-electron chi connectivity index (χ3n) is 1.23. The molecule has 86 valence electrons. The quantitative estimate of drug-likeness (QED) is 0.202. The van der Waals surface area contributed by atoms with Gasteiger partial charge >= 0.3 is 11.9 Å². The maximum atomic E-state index is 10.9. The molecule has 0 aliphatic heterocycles. The molecule has 0 amide bonds. The lowest BCUT2D eigenvalue weighted by Crippen LogP contribution is -2.12. The maximum Gasteiger partial charge on any atom is 0.342 e. The first-order chi connectivity index (χ1) is 7.20. The fourth-order valence-electron chi connectivity index (χ4n) is 0.625. The van der Waals surface area contributed by atoms with Gasteiger partial charge in [-0.25, -0.2) is 4.79 Å². The van der Waals surface area contributed by atoms with Crippen LogP contribution in [0.1, 0.15) is 12.8 Å². The summed E-state index contributed by atoms with van der Waals surface area (Å²) in [6.07, 6.45) is 1.19. The van der Waals surface area contributed by atoms with Gasteiger partial charge < -0.3 is 9.84 Å². The molecule has 0 aromatic rings. The van der Waals surface area contributed by atoms with E-state index in [4.69, 9.17) is 5.11 Å². The van der Waals surface area contributed by atoms with Gasteiger partial charge in [0, 0.05) is 0 Å². The molecule has 0 saturated carbocycles. The highest BCUT2D eigenvalue weighted by Crippen LogP contribution is 1.96. The van der Waals surface area contributed by atoms with Crippen LogP contribution in [0, 0.1) is 0 Å². The van der Waals surface area contributed by atoms with Gasteiger partial charge in [0.2, 0.25) is 0 Å². The van der Waals surface area contributed by atoms with E-state index in [2.05, 4.69) is 21.1 Å². The van der Waals surface area contributed by atoms with Crippen LogP contribution in [0.3, 0.4) is 0 Å². The molecule has 0 fully saturated rings. The maximum absolute atomic E-state index is 10.9. The van der Waals surface area contributed by atoms with E-state index in [-0.39, 0.29) is 32.7 Å². The molecule has 6 heteroatoms. The summed E-state index contributed by atoms with van der Waals surface area (Å²) in [6.45, 7) is 3.14. The van der Waals surface area contributed by atoms with Crippen molar-refractivity contribution in [3.63, 3.8) is 0 Å². The molecule has 0 heterocycles. The number of hydrogen-bond donors (Lipinski definition) is 1. The van der Waals surface area contributed by atoms with Gasteiger partial charge in [0.05, 0.1) is 19.4 Å². The highest BCUT2D eigenvalue weighted by atomic mass is 17.2. The molecular weight excluding hydrogens is 204 g/mol. The Morgan fingerprint density at radius 3 is 2.53 bits per heavy atom. The third-order valence-corrected chi connectivity index (χ3v) is 1.23. The van der Waals surface area contributed by atoms with E-state index in [1.54, 1.807) is 0 Å². The molecule has 0 spiro atoms. The number of aliphatic hydroxyl groups is 1. The van der Waals surface area contributed by atoms with Crippen molar-refractivity contribution in [1.82, 2.24) is 0 Å². The smallest absolute Gasteiger partial charge is 0.342 e. The first-order valence-corrected chi connectivity index (χ1v) is 4.40. The topological polar surface area (TPSA) is 82.1 Å². The summed E-state index contributed by atoms with van der Waals surface area (Å²) in [5.41, 5.74) is 0. The Morgan fingerprint density at radius 2 is 1.93 bits per heavy atom. The Labute approximate surface area is 87.4 Å². The van der Waals surface area contributed by atoms with Crippen molar-refractivity contribution < 1.29 is 29.2 Å². The minimum absolute atomic E-state index is 0.0686. The number of aliphatic hydroxyl groups excluding tert-OH is 1. The van der Waals surface area contributed by atoms with Crippen LogP contribution in [-0.2, 0) is 24.1 Å². The first kappa shape index (κ1) is 13.6. The van der Waals surface area contributed by atoms with Crippen molar-refractivity contribution in [2.45, 2.75) is 12.8 Å². The van der Waals surface area contributed by atoms with E-state index in [1.165, 1.54) is 6.08 Å². The summed E-state index contributed by atoms with van der Waals surface area (Å²) >= 11 is 0. The second-order valence-corrected chi connectivity index (χ2v) is 2.47. The number of rotatable bonds is 8. The van der Waals surface area contributed by atoms with Crippen molar-refractivity contribution in [3.8, 4) is 0 Å². The van der Waals surface area contributed by atoms with Gasteiger partial charge in [-0.3, -0.25) is 9.68 Å². The van der Waals surface area contributed by atoms with Gasteiger partial charge in [-0.1, -0.05) is 6.08 Å². The van der Waals surface area contributed by atoms with E-state index in [9.17, 15) is 9.59 Å². The summed E-state index contributed by atoms with van der Waals surface area (Å²) < 4.78 is 4.51. The molecule has 6 nitrogen and oxygen atoms in total. The van der Waals surface area contributed by atoms with E-state index in [0.717, 1.165) is 0 Å². The van der Waals surface area contributed by atoms with Gasteiger partial charge in [0.25, 0.3) is 0 Å². The molecule has 15 heavy (non-hydrogen) atoms. The average Bonchev–Trinajstić information content (AvgIpc) is 2.24. The largest absolute Gasteiger partial charge is 0.463 e. The van der Waals surface area contributed by atoms with E-state index >= 15 is 0 Å². The zero-order valence-corrected chi connectivity index (χ0v) is 8.31. The van der Waals surface area contributed by atoms with Gasteiger partial charge in [0.15, 0.2) is 0 Å². The van der Waals surface area contributed by atoms with Crippen LogP contribution in [0.5, 0.6) is 0 Å². The summed E-state index contributed by atoms with van der Waals surface area (Å²) in [7, 11) is 0. The predicted octanol–water partition coefficient (Wildman–Crippen LogP) is -0.0371. The van der Waals surface area contributed by atoms with Gasteiger partial charge in [-0.2, -0.15) is 4.89 Å². The summed E-state index contributed by atoms with van der Waals surface area (Å²) in [5, 5.41) is 8.34. The molecule has 0 aliphatic rings. The molecule has 0 aromatic heterocycles. The normalized spacial score (nSPS) is 9.40. The number of esters is 1. The van der Waals surface area contributed by atoms with Crippen molar-refractivity contribution in [3.05, 3.63) is 12.7 Å². The predicted molar refractivity (Wildman–Crippen MR) is 49.5 cm³/mol. The summed E-state index contributed by atoms with van der Waals surface area (Å²) in [5.74, 6) is -1.22. The summed E-state index contributed by atoms with van der Waals surface area (Å²) in [6, 6.07) is 0. The molecule has 0 rings (SSSR count). The van der Waals surface area contributed by atoms with Crippen LogP contribution >= 0.6 is 0 Å². The molecule has 0 saturated heterocycles. The molecule has 0 aromatic carbocycles. The lowest BCUT2D eigenvalue weighted by Gasteiger charge is -2.02. The fraction of sp³-hybridized carbons (Fsp3) is 0.556. The number of ether oxygens (including phenoxy) is 1. The molecule has 0 atom stereocenters. The van der Waals surface area contributed by atoms with Gasteiger partial charge in [-0.05, 0) is 0 Å². The number of carbonyl (C=O) groups excluding carboxylic acids is 2. The van der Waals surface area contributed by atoms with E-state index in [0.29, 0.717) is 0 Å². The monoisotopic (exact) mass is 218 g/mol. The van der Waals surface area contributed by atoms with Crippen molar-refractivity contribution >= 4 is 11.9 Å². The highest BCUT2D eigenvalue weighted by molar-refractivity contribution is 5.77. The molecular formula is C9H14O6. The lowest BCUT2D eigenvalue weighted by molar-refractivity contribution is -0.265. The number of hydrogen-bond acceptors (Lipinski definition) is 6. The molecule has 0 bridgehead atoms. The van der Waals surface area contributed by atoms with Gasteiger partial charge in [0.1, 0.15) is 13.2 Å². The number of carbonyl (C=O) groups is 2. The van der Waals surface area contributed by atoms with Crippen molar-refractivity contribution in [2.75, 3.05) is 19.8 Å². The Kier molecular flexibility index (Phi) is 8.31. The lowest BCUT2D eigenvalue weighted by atomic mass is 10.3. The third kappa shape index (κ3) is 8.92. The Bertz CT molecular complexity index is 213. The summed E-state index contributed by atoms with van der Waals surface area (Å²) in [4.78, 5) is 30.4. The van der Waals surface area contributed by atoms with E-state index in [1.807, 2.05) is 0 Å². The zero-order valence-electron chi connectivity index (χ0n) is 8.31. The molecule has 0 aliphatic carbocycles. The minimum atomic E-state index is -0.655. The van der Waals surface area contributed by atoms with Crippen LogP contribution in [0.2, 0.25) is 0 Å². The van der Waals surface area contributed by atoms with Crippen LogP contribution in [0.25, 0.3) is 0 Å². The Balaban J connectivity index is 3.44. The first-order valence-electron chi connectivity index (χ1n) is 4.40. The second kappa shape index (κ2) is 9.17. The molecule has 0 radical (unpaired) electrons. The fourth-order valence-corrected chi connectivity index (χ4v) is 0.625. The van der Waals surface area contributed by atoms with Crippen molar-refractivity contribution in [2.24, 2.45) is 0 Å². The zero-order chi connectivity index (χ0) is 11.5. The SMILES string of the molecule is C=CCOOC(=O)CCC(=O)OCCO. The van der Waals surface area contributed by atoms with Crippen LogP contribution in [-0.4, -0.2) is 36.9 Å². The van der Waals surface area contributed by atoms with Crippen molar-refractivity contribution in [1.29, 1.82) is 0 Å². The van der Waals surface area contributed by atoms with Crippen LogP contribution in [0.4, 0.5) is 0 Å². The molecule has 1 N–H and O–H groups in total. The van der Waals surface area contributed by atoms with E-state index < -0.39 is 11.9 Å². The second-order valence-electron chi connectivity index (χ2n) is 2.47. The Morgan fingerprint density at radius 1 is 1.27 bits per heavy atom. The average molecular weight is 218 g/mol. The standard InChI is InChI=1S/C9H14O6/c1-2-6-14-15-9(12)4-3-8(11)13-7-5-10/h2,10H,1,3-7H2. The van der Waals surface area contributed by atoms with Crippen LogP contribution < -0.4 is 0 Å². The minimum Gasteiger partial charge on any atom is -0.463 e. The van der Waals surface area contributed by atoms with Gasteiger partial charge in [-0.15, -0.1) is 6.58 Å². The van der Waals surface area contributed by atoms with Crippen LogP contribution in [0.15, 0.2) is 12.7 Å². The highest BCUT2D eigenvalue weighted by Gasteiger charge is 2.09. The Hall–Kier alpha value is -1.40.